The van der Waals surface area contributed by atoms with E-state index in [1.165, 1.54) is 0 Å². The van der Waals surface area contributed by atoms with Crippen molar-refractivity contribution in [2.24, 2.45) is 0 Å². The maximum absolute atomic E-state index is 12.3. The lowest BCUT2D eigenvalue weighted by molar-refractivity contribution is 0.0955. The van der Waals surface area contributed by atoms with Gasteiger partial charge in [-0.3, -0.25) is 4.79 Å². The number of amides is 1. The normalized spacial score (nSPS) is 10.4. The van der Waals surface area contributed by atoms with E-state index in [-0.39, 0.29) is 5.91 Å². The van der Waals surface area contributed by atoms with Crippen LogP contribution in [0.3, 0.4) is 0 Å². The van der Waals surface area contributed by atoms with E-state index in [1.54, 1.807) is 23.1 Å². The van der Waals surface area contributed by atoms with Gasteiger partial charge in [0.2, 0.25) is 0 Å². The van der Waals surface area contributed by atoms with Crippen LogP contribution in [0.25, 0.3) is 5.69 Å². The molecule has 134 valence electrons. The molecule has 0 spiro atoms. The third-order valence-corrected chi connectivity index (χ3v) is 3.75. The van der Waals surface area contributed by atoms with Gasteiger partial charge in [-0.05, 0) is 24.3 Å². The van der Waals surface area contributed by atoms with Gasteiger partial charge in [0.15, 0.2) is 5.82 Å². The number of nitrogens with zero attached hydrogens (tertiary/aromatic N) is 5. The Balaban J connectivity index is 1.52. The molecule has 3 aromatic rings. The number of carbonyl (C=O) groups excluding carboxylic acids is 1. The summed E-state index contributed by atoms with van der Waals surface area (Å²) in [6.45, 7) is 1.02. The average Bonchev–Trinajstić information content (AvgIpc) is 3.20. The topological polar surface area (TPSA) is 88.0 Å². The zero-order valence-electron chi connectivity index (χ0n) is 14.8. The van der Waals surface area contributed by atoms with E-state index in [4.69, 9.17) is 0 Å². The first kappa shape index (κ1) is 17.4. The highest BCUT2D eigenvalue weighted by atomic mass is 16.1. The molecule has 1 amide bonds. The number of rotatable bonds is 7. The maximum atomic E-state index is 12.3. The first-order valence-corrected chi connectivity index (χ1v) is 8.26. The first-order valence-electron chi connectivity index (χ1n) is 8.26. The molecule has 0 fully saturated rings. The second kappa shape index (κ2) is 8.11. The Labute approximate surface area is 151 Å². The van der Waals surface area contributed by atoms with Gasteiger partial charge >= 0.3 is 0 Å². The third kappa shape index (κ3) is 4.35. The fourth-order valence-electron chi connectivity index (χ4n) is 2.37. The highest BCUT2D eigenvalue weighted by Crippen LogP contribution is 2.12. The molecule has 3 rings (SSSR count). The summed E-state index contributed by atoms with van der Waals surface area (Å²) >= 11 is 0. The molecule has 26 heavy (non-hydrogen) atoms. The Morgan fingerprint density at radius 3 is 2.85 bits per heavy atom. The van der Waals surface area contributed by atoms with Crippen LogP contribution >= 0.6 is 0 Å². The van der Waals surface area contributed by atoms with Crippen molar-refractivity contribution < 1.29 is 4.79 Å². The Morgan fingerprint density at radius 1 is 1.19 bits per heavy atom. The van der Waals surface area contributed by atoms with Crippen LogP contribution in [0.5, 0.6) is 0 Å². The molecule has 0 aliphatic heterocycles. The van der Waals surface area contributed by atoms with E-state index < -0.39 is 0 Å². The second-order valence-electron chi connectivity index (χ2n) is 5.88. The van der Waals surface area contributed by atoms with E-state index in [0.29, 0.717) is 24.5 Å². The van der Waals surface area contributed by atoms with Crippen LogP contribution in [-0.4, -0.2) is 53.1 Å². The summed E-state index contributed by atoms with van der Waals surface area (Å²) in [6.07, 6.45) is 5.23. The largest absolute Gasteiger partial charge is 0.376 e. The Morgan fingerprint density at radius 2 is 2.08 bits per heavy atom. The van der Waals surface area contributed by atoms with E-state index in [2.05, 4.69) is 25.9 Å². The summed E-state index contributed by atoms with van der Waals surface area (Å²) in [5.41, 5.74) is 2.39. The zero-order chi connectivity index (χ0) is 18.4. The van der Waals surface area contributed by atoms with Gasteiger partial charge in [0, 0.05) is 51.2 Å². The predicted octanol–water partition coefficient (Wildman–Crippen LogP) is 1.57. The van der Waals surface area contributed by atoms with Gasteiger partial charge in [-0.1, -0.05) is 6.07 Å². The molecule has 2 heterocycles. The zero-order valence-corrected chi connectivity index (χ0v) is 14.8. The SMILES string of the molecule is CN(C)c1cnnc(NCCNC(=O)c2cccc(-n3cccn3)c2)c1. The van der Waals surface area contributed by atoms with Crippen LogP contribution in [-0.2, 0) is 0 Å². The molecule has 2 aromatic heterocycles. The highest BCUT2D eigenvalue weighted by Gasteiger charge is 2.07. The molecule has 1 aromatic carbocycles. The van der Waals surface area contributed by atoms with Crippen molar-refractivity contribution in [3.05, 3.63) is 60.6 Å². The summed E-state index contributed by atoms with van der Waals surface area (Å²) in [5, 5.41) is 18.2. The van der Waals surface area contributed by atoms with Gasteiger partial charge in [-0.15, -0.1) is 5.10 Å². The van der Waals surface area contributed by atoms with E-state index in [0.717, 1.165) is 11.4 Å². The smallest absolute Gasteiger partial charge is 0.251 e. The molecular formula is C18H21N7O. The lowest BCUT2D eigenvalue weighted by Crippen LogP contribution is -2.29. The molecular weight excluding hydrogens is 330 g/mol. The van der Waals surface area contributed by atoms with Crippen molar-refractivity contribution >= 4 is 17.4 Å². The van der Waals surface area contributed by atoms with Gasteiger partial charge in [-0.2, -0.15) is 10.2 Å². The number of hydrogen-bond acceptors (Lipinski definition) is 6. The summed E-state index contributed by atoms with van der Waals surface area (Å²) in [4.78, 5) is 14.3. The van der Waals surface area contributed by atoms with Crippen LogP contribution in [0.15, 0.2) is 55.0 Å². The summed E-state index contributed by atoms with van der Waals surface area (Å²) in [7, 11) is 3.89. The highest BCUT2D eigenvalue weighted by molar-refractivity contribution is 5.94. The standard InChI is InChI=1S/C18H21N7O/c1-24(2)16-12-17(23-21-13-16)19-8-9-20-18(26)14-5-3-6-15(11-14)25-10-4-7-22-25/h3-7,10-13H,8-9H2,1-2H3,(H,19,23)(H,20,26). The monoisotopic (exact) mass is 351 g/mol. The van der Waals surface area contributed by atoms with Crippen LogP contribution in [0, 0.1) is 0 Å². The van der Waals surface area contributed by atoms with Gasteiger partial charge in [0.05, 0.1) is 17.6 Å². The fourth-order valence-corrected chi connectivity index (χ4v) is 2.37. The van der Waals surface area contributed by atoms with Crippen molar-refractivity contribution in [2.75, 3.05) is 37.4 Å². The van der Waals surface area contributed by atoms with Crippen molar-refractivity contribution in [1.29, 1.82) is 0 Å². The lowest BCUT2D eigenvalue weighted by atomic mass is 10.2. The van der Waals surface area contributed by atoms with Crippen LogP contribution < -0.4 is 15.5 Å². The predicted molar refractivity (Wildman–Crippen MR) is 101 cm³/mol. The second-order valence-corrected chi connectivity index (χ2v) is 5.88. The fraction of sp³-hybridized carbons (Fsp3) is 0.222. The van der Waals surface area contributed by atoms with Crippen molar-refractivity contribution in [2.45, 2.75) is 0 Å². The summed E-state index contributed by atoms with van der Waals surface area (Å²) in [6, 6.07) is 11.1. The molecule has 0 aliphatic carbocycles. The number of anilines is 2. The quantitative estimate of drug-likeness (QED) is 0.628. The lowest BCUT2D eigenvalue weighted by Gasteiger charge is -2.13. The minimum absolute atomic E-state index is 0.131. The number of nitrogens with one attached hydrogen (secondary N) is 2. The van der Waals surface area contributed by atoms with E-state index in [9.17, 15) is 4.79 Å². The summed E-state index contributed by atoms with van der Waals surface area (Å²) < 4.78 is 1.72. The molecule has 0 bridgehead atoms. The molecule has 0 saturated carbocycles. The van der Waals surface area contributed by atoms with Crippen LogP contribution in [0.2, 0.25) is 0 Å². The molecule has 0 atom stereocenters. The molecule has 8 heteroatoms. The number of carbonyl (C=O) groups is 1. The minimum Gasteiger partial charge on any atom is -0.376 e. The average molecular weight is 351 g/mol. The Hall–Kier alpha value is -3.42. The molecule has 2 N–H and O–H groups in total. The van der Waals surface area contributed by atoms with Crippen LogP contribution in [0.1, 0.15) is 10.4 Å². The van der Waals surface area contributed by atoms with Gasteiger partial charge in [0.1, 0.15) is 0 Å². The van der Waals surface area contributed by atoms with E-state index in [1.807, 2.05) is 55.5 Å². The molecule has 8 nitrogen and oxygen atoms in total. The summed E-state index contributed by atoms with van der Waals surface area (Å²) in [5.74, 6) is 0.542. The molecule has 0 aliphatic rings. The molecule has 0 unspecified atom stereocenters. The Bertz CT molecular complexity index is 861. The van der Waals surface area contributed by atoms with Crippen molar-refractivity contribution in [1.82, 2.24) is 25.3 Å². The maximum Gasteiger partial charge on any atom is 0.251 e. The molecule has 0 radical (unpaired) electrons. The van der Waals surface area contributed by atoms with Crippen LogP contribution in [0.4, 0.5) is 11.5 Å². The van der Waals surface area contributed by atoms with Gasteiger partial charge in [-0.25, -0.2) is 4.68 Å². The minimum atomic E-state index is -0.131. The Kier molecular flexibility index (Phi) is 5.43. The number of benzene rings is 1. The number of aromatic nitrogens is 4. The van der Waals surface area contributed by atoms with Gasteiger partial charge in [0.25, 0.3) is 5.91 Å². The number of hydrogen-bond donors (Lipinski definition) is 2. The van der Waals surface area contributed by atoms with Gasteiger partial charge < -0.3 is 15.5 Å². The van der Waals surface area contributed by atoms with E-state index >= 15 is 0 Å². The van der Waals surface area contributed by atoms with Crippen molar-refractivity contribution in [3.8, 4) is 5.69 Å². The third-order valence-electron chi connectivity index (χ3n) is 3.75. The van der Waals surface area contributed by atoms with Crippen molar-refractivity contribution in [3.63, 3.8) is 0 Å². The first-order chi connectivity index (χ1) is 12.6. The molecule has 0 saturated heterocycles.